The number of aliphatic hydroxyl groups is 1. The largest absolute Gasteiger partial charge is 0.465 e. The summed E-state index contributed by atoms with van der Waals surface area (Å²) in [7, 11) is 0. The Bertz CT molecular complexity index is 970. The lowest BCUT2D eigenvalue weighted by Gasteiger charge is -2.35. The number of nitrogens with zero attached hydrogens (tertiary/aromatic N) is 1. The van der Waals surface area contributed by atoms with Crippen molar-refractivity contribution in [1.82, 2.24) is 10.2 Å². The van der Waals surface area contributed by atoms with Crippen molar-refractivity contribution in [2.45, 2.75) is 50.7 Å². The number of carbonyl (C=O) groups excluding carboxylic acids is 2. The third kappa shape index (κ3) is 5.92. The van der Waals surface area contributed by atoms with Crippen molar-refractivity contribution in [2.24, 2.45) is 0 Å². The van der Waals surface area contributed by atoms with Crippen molar-refractivity contribution in [3.05, 3.63) is 71.8 Å². The summed E-state index contributed by atoms with van der Waals surface area (Å²) in [5, 5.41) is 22.1. The Labute approximate surface area is 198 Å². The molecule has 9 nitrogen and oxygen atoms in total. The van der Waals surface area contributed by atoms with Crippen molar-refractivity contribution >= 4 is 18.0 Å². The van der Waals surface area contributed by atoms with Gasteiger partial charge < -0.3 is 25.0 Å². The Hall–Kier alpha value is -3.43. The zero-order chi connectivity index (χ0) is 24.6. The second-order valence-corrected chi connectivity index (χ2v) is 8.27. The molecule has 2 amide bonds. The predicted octanol–water partition coefficient (Wildman–Crippen LogP) is 2.32. The van der Waals surface area contributed by atoms with Gasteiger partial charge >= 0.3 is 12.1 Å². The summed E-state index contributed by atoms with van der Waals surface area (Å²) in [6.45, 7) is 1.26. The highest BCUT2D eigenvalue weighted by molar-refractivity contribution is 5.93. The van der Waals surface area contributed by atoms with Crippen molar-refractivity contribution in [3.63, 3.8) is 0 Å². The quantitative estimate of drug-likeness (QED) is 0.455. The van der Waals surface area contributed by atoms with Gasteiger partial charge in [0, 0.05) is 6.54 Å². The summed E-state index contributed by atoms with van der Waals surface area (Å²) >= 11 is 0. The lowest BCUT2D eigenvalue weighted by atomic mass is 9.95. The van der Waals surface area contributed by atoms with Gasteiger partial charge in [-0.1, -0.05) is 60.7 Å². The van der Waals surface area contributed by atoms with Gasteiger partial charge in [-0.3, -0.25) is 9.69 Å². The van der Waals surface area contributed by atoms with E-state index in [1.165, 1.54) is 0 Å². The molecule has 1 aliphatic heterocycles. The topological polar surface area (TPSA) is 125 Å². The molecule has 0 aliphatic carbocycles. The Kier molecular flexibility index (Phi) is 8.61. The van der Waals surface area contributed by atoms with Gasteiger partial charge in [0.05, 0.1) is 19.3 Å². The first kappa shape index (κ1) is 25.2. The molecule has 0 aromatic heterocycles. The molecule has 1 heterocycles. The molecule has 0 bridgehead atoms. The van der Waals surface area contributed by atoms with Gasteiger partial charge in [0.15, 0.2) is 6.04 Å². The minimum atomic E-state index is -1.66. The molecular formula is C25H30N2O7. The van der Waals surface area contributed by atoms with Crippen molar-refractivity contribution in [1.29, 1.82) is 0 Å². The molecular weight excluding hydrogens is 440 g/mol. The number of aliphatic hydroxyl groups excluding tert-OH is 1. The molecule has 34 heavy (non-hydrogen) atoms. The maximum atomic E-state index is 13.2. The fourth-order valence-corrected chi connectivity index (χ4v) is 3.99. The van der Waals surface area contributed by atoms with E-state index >= 15 is 0 Å². The van der Waals surface area contributed by atoms with E-state index in [1.807, 2.05) is 48.5 Å². The molecule has 0 saturated carbocycles. The molecule has 1 saturated heterocycles. The van der Waals surface area contributed by atoms with E-state index in [0.29, 0.717) is 6.42 Å². The summed E-state index contributed by atoms with van der Waals surface area (Å²) in [5.74, 6) is -1.47. The average molecular weight is 471 g/mol. The van der Waals surface area contributed by atoms with E-state index in [0.717, 1.165) is 16.0 Å². The van der Waals surface area contributed by atoms with Gasteiger partial charge in [0.2, 0.25) is 5.91 Å². The van der Waals surface area contributed by atoms with E-state index in [-0.39, 0.29) is 26.2 Å². The van der Waals surface area contributed by atoms with Crippen LogP contribution in [-0.4, -0.2) is 63.9 Å². The number of benzene rings is 2. The smallest absolute Gasteiger partial charge is 0.408 e. The monoisotopic (exact) mass is 470 g/mol. The minimum absolute atomic E-state index is 0.00381. The molecule has 3 atom stereocenters. The number of nitrogens with one attached hydrogen (secondary N) is 1. The second-order valence-electron chi connectivity index (χ2n) is 8.27. The van der Waals surface area contributed by atoms with Crippen LogP contribution in [0.3, 0.4) is 0 Å². The van der Waals surface area contributed by atoms with Gasteiger partial charge in [-0.15, -0.1) is 0 Å². The first-order valence-corrected chi connectivity index (χ1v) is 11.2. The van der Waals surface area contributed by atoms with Crippen LogP contribution < -0.4 is 5.32 Å². The molecule has 1 fully saturated rings. The van der Waals surface area contributed by atoms with Crippen LogP contribution in [0, 0.1) is 0 Å². The Morgan fingerprint density at radius 1 is 1.03 bits per heavy atom. The Morgan fingerprint density at radius 2 is 1.62 bits per heavy atom. The van der Waals surface area contributed by atoms with E-state index in [4.69, 9.17) is 9.47 Å². The summed E-state index contributed by atoms with van der Waals surface area (Å²) < 4.78 is 11.3. The van der Waals surface area contributed by atoms with Crippen LogP contribution in [0.25, 0.3) is 0 Å². The zero-order valence-corrected chi connectivity index (χ0v) is 19.1. The van der Waals surface area contributed by atoms with Crippen molar-refractivity contribution in [2.75, 3.05) is 13.2 Å². The highest BCUT2D eigenvalue weighted by Gasteiger charge is 2.51. The van der Waals surface area contributed by atoms with E-state index in [9.17, 15) is 24.6 Å². The molecule has 0 radical (unpaired) electrons. The van der Waals surface area contributed by atoms with Crippen molar-refractivity contribution in [3.8, 4) is 0 Å². The molecule has 182 valence electrons. The number of rotatable bonds is 10. The lowest BCUT2D eigenvalue weighted by Crippen LogP contribution is -2.63. The molecule has 2 aromatic rings. The fourth-order valence-electron chi connectivity index (χ4n) is 3.99. The fraction of sp³-hybridized carbons (Fsp3) is 0.400. The number of amides is 2. The third-order valence-electron chi connectivity index (χ3n) is 5.99. The first-order valence-electron chi connectivity index (χ1n) is 11.2. The molecule has 1 aliphatic rings. The highest BCUT2D eigenvalue weighted by Crippen LogP contribution is 2.30. The summed E-state index contributed by atoms with van der Waals surface area (Å²) in [6.07, 6.45) is -1.53. The maximum Gasteiger partial charge on any atom is 0.408 e. The number of hydrogen-bond donors (Lipinski definition) is 3. The van der Waals surface area contributed by atoms with E-state index in [2.05, 4.69) is 5.32 Å². The van der Waals surface area contributed by atoms with Crippen LogP contribution in [-0.2, 0) is 32.3 Å². The van der Waals surface area contributed by atoms with Gasteiger partial charge in [-0.2, -0.15) is 0 Å². The van der Waals surface area contributed by atoms with E-state index in [1.54, 1.807) is 19.1 Å². The first-order chi connectivity index (χ1) is 16.4. The summed E-state index contributed by atoms with van der Waals surface area (Å²) in [6, 6.07) is 17.2. The summed E-state index contributed by atoms with van der Waals surface area (Å²) in [5.41, 5.74) is -0.00151. The molecule has 9 heteroatoms. The molecule has 3 rings (SSSR count). The standard InChI is InChI=1S/C25H30N2O7/c1-18(33-15-19-9-4-2-5-10-19)21(22(29)34-16-20-11-6-3-7-12-20)26-23(30)25(17-28)13-8-14-27(25)24(31)32/h2-7,9-12,18,21,28H,8,13-17H2,1H3,(H,26,30)(H,31,32)/t18-,21+,25+/m1/s1. The number of ether oxygens (including phenoxy) is 2. The minimum Gasteiger partial charge on any atom is -0.465 e. The van der Waals surface area contributed by atoms with Crippen LogP contribution in [0.15, 0.2) is 60.7 Å². The number of esters is 1. The average Bonchev–Trinajstić information content (AvgIpc) is 3.31. The Morgan fingerprint density at radius 3 is 2.18 bits per heavy atom. The normalized spacial score (nSPS) is 19.3. The van der Waals surface area contributed by atoms with Crippen LogP contribution in [0.4, 0.5) is 4.79 Å². The molecule has 0 spiro atoms. The van der Waals surface area contributed by atoms with Gasteiger partial charge in [0.1, 0.15) is 12.1 Å². The number of likely N-dealkylation sites (tertiary alicyclic amines) is 1. The third-order valence-corrected chi connectivity index (χ3v) is 5.99. The van der Waals surface area contributed by atoms with Crippen LogP contribution in [0.5, 0.6) is 0 Å². The number of carboxylic acid groups (broad SMARTS) is 1. The summed E-state index contributed by atoms with van der Waals surface area (Å²) in [4.78, 5) is 38.9. The van der Waals surface area contributed by atoms with Gasteiger partial charge in [0.25, 0.3) is 0 Å². The predicted molar refractivity (Wildman–Crippen MR) is 123 cm³/mol. The second kappa shape index (κ2) is 11.6. The molecule has 2 aromatic carbocycles. The maximum absolute atomic E-state index is 13.2. The number of carbonyl (C=O) groups is 3. The molecule has 3 N–H and O–H groups in total. The van der Waals surface area contributed by atoms with Gasteiger partial charge in [-0.25, -0.2) is 9.59 Å². The Balaban J connectivity index is 1.76. The molecule has 0 unspecified atom stereocenters. The van der Waals surface area contributed by atoms with Gasteiger partial charge in [-0.05, 0) is 30.9 Å². The SMILES string of the molecule is C[C@@H](OCc1ccccc1)[C@H](NC(=O)[C@@]1(CO)CCCN1C(=O)O)C(=O)OCc1ccccc1. The highest BCUT2D eigenvalue weighted by atomic mass is 16.5. The zero-order valence-electron chi connectivity index (χ0n) is 19.1. The lowest BCUT2D eigenvalue weighted by molar-refractivity contribution is -0.155. The van der Waals surface area contributed by atoms with Crippen LogP contribution >= 0.6 is 0 Å². The van der Waals surface area contributed by atoms with Crippen LogP contribution in [0.1, 0.15) is 30.9 Å². The van der Waals surface area contributed by atoms with Crippen LogP contribution in [0.2, 0.25) is 0 Å². The number of hydrogen-bond acceptors (Lipinski definition) is 6. The van der Waals surface area contributed by atoms with Crippen molar-refractivity contribution < 1.29 is 34.1 Å². The van der Waals surface area contributed by atoms with E-state index < -0.39 is 42.3 Å².